The van der Waals surface area contributed by atoms with Crippen LogP contribution in [0.5, 0.6) is 0 Å². The van der Waals surface area contributed by atoms with E-state index in [0.29, 0.717) is 15.6 Å². The molecule has 0 unspecified atom stereocenters. The van der Waals surface area contributed by atoms with Crippen LogP contribution in [0.2, 0.25) is 20.1 Å². The maximum atomic E-state index is 11.8. The second kappa shape index (κ2) is 7.84. The van der Waals surface area contributed by atoms with E-state index in [0.717, 1.165) is 0 Å². The third-order valence-electron chi connectivity index (χ3n) is 2.70. The van der Waals surface area contributed by atoms with Crippen LogP contribution in [0.3, 0.4) is 0 Å². The third-order valence-corrected chi connectivity index (χ3v) is 3.90. The van der Waals surface area contributed by atoms with Crippen LogP contribution in [0.15, 0.2) is 40.5 Å². The Labute approximate surface area is 151 Å². The first-order valence-corrected chi connectivity index (χ1v) is 7.70. The first-order valence-electron chi connectivity index (χ1n) is 6.19. The highest BCUT2D eigenvalue weighted by atomic mass is 35.5. The quantitative estimate of drug-likeness (QED) is 0.638. The van der Waals surface area contributed by atoms with Crippen LogP contribution in [0.1, 0.15) is 5.56 Å². The van der Waals surface area contributed by atoms with Gasteiger partial charge in [-0.1, -0.05) is 52.5 Å². The van der Waals surface area contributed by atoms with Crippen LogP contribution in [0.25, 0.3) is 0 Å². The summed E-state index contributed by atoms with van der Waals surface area (Å²) < 4.78 is 1.37. The van der Waals surface area contributed by atoms with Crippen LogP contribution in [0.4, 0.5) is 0 Å². The van der Waals surface area contributed by atoms with Gasteiger partial charge in [0.1, 0.15) is 16.6 Å². The number of nitrogens with one attached hydrogen (secondary N) is 1. The first-order chi connectivity index (χ1) is 10.9. The molecule has 0 fully saturated rings. The zero-order valence-corrected chi connectivity index (χ0v) is 14.4. The Kier molecular flexibility index (Phi) is 6.07. The van der Waals surface area contributed by atoms with E-state index in [1.54, 1.807) is 18.2 Å². The zero-order chi connectivity index (χ0) is 17.0. The highest BCUT2D eigenvalue weighted by Crippen LogP contribution is 2.21. The monoisotopic (exact) mass is 391 g/mol. The molecule has 0 bridgehead atoms. The van der Waals surface area contributed by atoms with Crippen molar-refractivity contribution < 1.29 is 4.79 Å². The number of halogens is 4. The lowest BCUT2D eigenvalue weighted by Crippen LogP contribution is -2.24. The molecule has 0 radical (unpaired) electrons. The van der Waals surface area contributed by atoms with Crippen molar-refractivity contribution in [3.63, 3.8) is 0 Å². The highest BCUT2D eigenvalue weighted by Gasteiger charge is 2.07. The molecular formula is C14H9Cl4N3O2. The topological polar surface area (TPSA) is 63.5 Å². The summed E-state index contributed by atoms with van der Waals surface area (Å²) in [5, 5.41) is 4.47. The molecular weight excluding hydrogens is 384 g/mol. The number of amides is 1. The number of carbonyl (C=O) groups excluding carboxylic acids is 1. The second-order valence-electron chi connectivity index (χ2n) is 4.38. The van der Waals surface area contributed by atoms with Gasteiger partial charge < -0.3 is 4.57 Å². The molecule has 2 rings (SSSR count). The Hall–Kier alpha value is -1.53. The van der Waals surface area contributed by atoms with Gasteiger partial charge >= 0.3 is 0 Å². The van der Waals surface area contributed by atoms with Gasteiger partial charge in [0.25, 0.3) is 5.91 Å². The number of hydrazone groups is 1. The molecule has 1 heterocycles. The molecule has 0 saturated carbocycles. The molecule has 9 heteroatoms. The number of benzene rings is 1. The third kappa shape index (κ3) is 4.72. The predicted molar refractivity (Wildman–Crippen MR) is 92.9 cm³/mol. The summed E-state index contributed by atoms with van der Waals surface area (Å²) in [6.07, 6.45) is 3.96. The minimum Gasteiger partial charge on any atom is -0.342 e. The largest absolute Gasteiger partial charge is 0.342 e. The van der Waals surface area contributed by atoms with Crippen LogP contribution >= 0.6 is 46.4 Å². The van der Waals surface area contributed by atoms with Gasteiger partial charge in [-0.05, 0) is 12.1 Å². The molecule has 1 N–H and O–H groups in total. The Morgan fingerprint density at radius 3 is 2.22 bits per heavy atom. The Morgan fingerprint density at radius 1 is 1.09 bits per heavy atom. The fourth-order valence-electron chi connectivity index (χ4n) is 1.66. The average molecular weight is 393 g/mol. The van der Waals surface area contributed by atoms with Gasteiger partial charge in [-0.25, -0.2) is 5.43 Å². The Balaban J connectivity index is 2.03. The summed E-state index contributed by atoms with van der Waals surface area (Å²) in [6.45, 7) is -0.118. The SMILES string of the molecule is O=C(Cn1cc(Cl)c(=O)c(Cl)c1)N/N=C/c1c(Cl)cccc1Cl. The molecule has 0 saturated heterocycles. The Bertz CT molecular complexity index is 787. The smallest absolute Gasteiger partial charge is 0.259 e. The fraction of sp³-hybridized carbons (Fsp3) is 0.0714. The van der Waals surface area contributed by atoms with Crippen LogP contribution < -0.4 is 10.9 Å². The molecule has 0 atom stereocenters. The minimum atomic E-state index is -0.489. The van der Waals surface area contributed by atoms with E-state index in [1.165, 1.54) is 23.2 Å². The zero-order valence-electron chi connectivity index (χ0n) is 11.4. The molecule has 0 aliphatic rings. The van der Waals surface area contributed by atoms with E-state index in [2.05, 4.69) is 10.5 Å². The summed E-state index contributed by atoms with van der Waals surface area (Å²) in [4.78, 5) is 23.2. The predicted octanol–water partition coefficient (Wildman–Crippen LogP) is 3.61. The maximum Gasteiger partial charge on any atom is 0.259 e. The standard InChI is InChI=1S/C14H9Cl4N3O2/c15-9-2-1-3-10(16)8(9)4-19-20-13(22)7-21-5-11(17)14(23)12(18)6-21/h1-6H,7H2,(H,20,22)/b19-4+. The van der Waals surface area contributed by atoms with Crippen molar-refractivity contribution in [2.75, 3.05) is 0 Å². The van der Waals surface area contributed by atoms with E-state index < -0.39 is 11.3 Å². The van der Waals surface area contributed by atoms with Crippen molar-refractivity contribution in [3.8, 4) is 0 Å². The fourth-order valence-corrected chi connectivity index (χ4v) is 2.65. The molecule has 0 spiro atoms. The number of hydrogen-bond acceptors (Lipinski definition) is 3. The number of hydrogen-bond donors (Lipinski definition) is 1. The maximum absolute atomic E-state index is 11.8. The molecule has 120 valence electrons. The summed E-state index contributed by atoms with van der Waals surface area (Å²) >= 11 is 23.4. The minimum absolute atomic E-state index is 0.0725. The van der Waals surface area contributed by atoms with Gasteiger partial charge in [0.15, 0.2) is 0 Å². The summed E-state index contributed by atoms with van der Waals surface area (Å²) in [5.74, 6) is -0.444. The lowest BCUT2D eigenvalue weighted by molar-refractivity contribution is -0.121. The molecule has 5 nitrogen and oxygen atoms in total. The normalized spacial score (nSPS) is 11.0. The summed E-state index contributed by atoms with van der Waals surface area (Å²) in [6, 6.07) is 5.01. The van der Waals surface area contributed by atoms with Gasteiger partial charge in [-0.3, -0.25) is 9.59 Å². The Morgan fingerprint density at radius 2 is 1.65 bits per heavy atom. The molecule has 0 aliphatic heterocycles. The lowest BCUT2D eigenvalue weighted by Gasteiger charge is -2.06. The highest BCUT2D eigenvalue weighted by molar-refractivity contribution is 6.38. The van der Waals surface area contributed by atoms with Crippen LogP contribution in [-0.2, 0) is 11.3 Å². The van der Waals surface area contributed by atoms with E-state index in [-0.39, 0.29) is 16.6 Å². The number of pyridine rings is 1. The molecule has 23 heavy (non-hydrogen) atoms. The van der Waals surface area contributed by atoms with E-state index >= 15 is 0 Å². The van der Waals surface area contributed by atoms with Gasteiger partial charge in [-0.2, -0.15) is 5.10 Å². The lowest BCUT2D eigenvalue weighted by atomic mass is 10.2. The number of carbonyl (C=O) groups is 1. The van der Waals surface area contributed by atoms with Crippen LogP contribution in [0, 0.1) is 0 Å². The number of nitrogens with zero attached hydrogens (tertiary/aromatic N) is 2. The average Bonchev–Trinajstić information content (AvgIpc) is 2.47. The van der Waals surface area contributed by atoms with Crippen molar-refractivity contribution in [2.45, 2.75) is 6.54 Å². The first kappa shape index (κ1) is 17.8. The van der Waals surface area contributed by atoms with Crippen molar-refractivity contribution in [3.05, 3.63) is 66.5 Å². The molecule has 1 aromatic carbocycles. The van der Waals surface area contributed by atoms with Crippen molar-refractivity contribution in [2.24, 2.45) is 5.10 Å². The number of aromatic nitrogens is 1. The number of rotatable bonds is 4. The van der Waals surface area contributed by atoms with Crippen molar-refractivity contribution in [1.29, 1.82) is 0 Å². The molecule has 1 aromatic heterocycles. The molecule has 1 amide bonds. The van der Waals surface area contributed by atoms with Gasteiger partial charge in [0.05, 0.1) is 16.3 Å². The van der Waals surface area contributed by atoms with E-state index in [4.69, 9.17) is 46.4 Å². The van der Waals surface area contributed by atoms with Crippen molar-refractivity contribution >= 4 is 58.5 Å². The molecule has 2 aromatic rings. The summed E-state index contributed by atoms with van der Waals surface area (Å²) in [5.41, 5.74) is 2.32. The van der Waals surface area contributed by atoms with Gasteiger partial charge in [-0.15, -0.1) is 0 Å². The van der Waals surface area contributed by atoms with Crippen LogP contribution in [-0.4, -0.2) is 16.7 Å². The van der Waals surface area contributed by atoms with Gasteiger partial charge in [0.2, 0.25) is 5.43 Å². The van der Waals surface area contributed by atoms with Gasteiger partial charge in [0, 0.05) is 18.0 Å². The summed E-state index contributed by atoms with van der Waals surface area (Å²) in [7, 11) is 0. The second-order valence-corrected chi connectivity index (χ2v) is 6.01. The molecule has 0 aliphatic carbocycles. The van der Waals surface area contributed by atoms with Crippen molar-refractivity contribution in [1.82, 2.24) is 9.99 Å². The van der Waals surface area contributed by atoms with E-state index in [1.807, 2.05) is 0 Å². The van der Waals surface area contributed by atoms with E-state index in [9.17, 15) is 9.59 Å².